The Morgan fingerprint density at radius 3 is 2.64 bits per heavy atom. The predicted molar refractivity (Wildman–Crippen MR) is 88.9 cm³/mol. The zero-order valence-corrected chi connectivity index (χ0v) is 14.0. The minimum atomic E-state index is -0.512. The Kier molecular flexibility index (Phi) is 6.21. The lowest BCUT2D eigenvalue weighted by Gasteiger charge is -2.07. The third-order valence-electron chi connectivity index (χ3n) is 2.83. The van der Waals surface area contributed by atoms with E-state index in [1.54, 1.807) is 0 Å². The first-order valence-electron chi connectivity index (χ1n) is 6.68. The summed E-state index contributed by atoms with van der Waals surface area (Å²) in [4.78, 5) is 11.8. The first kappa shape index (κ1) is 16.8. The number of ether oxygens (including phenoxy) is 1. The normalized spacial score (nSPS) is 10.3. The maximum absolute atomic E-state index is 13.0. The summed E-state index contributed by atoms with van der Waals surface area (Å²) in [6.45, 7) is 0.444. The molecule has 0 fully saturated rings. The lowest BCUT2D eigenvalue weighted by atomic mass is 10.2. The summed E-state index contributed by atoms with van der Waals surface area (Å²) < 4.78 is 19.5. The third-order valence-corrected chi connectivity index (χ3v) is 3.65. The van der Waals surface area contributed by atoms with Gasteiger partial charge in [0.15, 0.2) is 0 Å². The van der Waals surface area contributed by atoms with E-state index >= 15 is 0 Å². The van der Waals surface area contributed by atoms with Gasteiger partial charge in [-0.15, -0.1) is 0 Å². The molecule has 0 heterocycles. The molecule has 3 nitrogen and oxygen atoms in total. The van der Waals surface area contributed by atoms with Crippen molar-refractivity contribution < 1.29 is 13.9 Å². The van der Waals surface area contributed by atoms with E-state index in [0.29, 0.717) is 25.1 Å². The van der Waals surface area contributed by atoms with Crippen molar-refractivity contribution in [3.05, 3.63) is 57.8 Å². The van der Waals surface area contributed by atoms with Gasteiger partial charge < -0.3 is 10.1 Å². The largest absolute Gasteiger partial charge is 0.494 e. The smallest absolute Gasteiger partial charge is 0.224 e. The van der Waals surface area contributed by atoms with E-state index in [4.69, 9.17) is 16.3 Å². The number of anilines is 1. The minimum absolute atomic E-state index is 0.0172. The maximum atomic E-state index is 13.0. The van der Waals surface area contributed by atoms with Gasteiger partial charge in [-0.3, -0.25) is 4.79 Å². The second-order valence-electron chi connectivity index (χ2n) is 4.58. The van der Waals surface area contributed by atoms with Crippen LogP contribution in [0.15, 0.2) is 46.9 Å². The van der Waals surface area contributed by atoms with E-state index in [2.05, 4.69) is 21.2 Å². The van der Waals surface area contributed by atoms with E-state index < -0.39 is 5.82 Å². The lowest BCUT2D eigenvalue weighted by molar-refractivity contribution is -0.116. The van der Waals surface area contributed by atoms with Gasteiger partial charge in [-0.2, -0.15) is 0 Å². The molecule has 0 unspecified atom stereocenters. The van der Waals surface area contributed by atoms with Crippen LogP contribution in [-0.4, -0.2) is 12.5 Å². The number of amides is 1. The maximum Gasteiger partial charge on any atom is 0.224 e. The second-order valence-corrected chi connectivity index (χ2v) is 5.91. The van der Waals surface area contributed by atoms with Crippen LogP contribution >= 0.6 is 27.5 Å². The number of hydrogen-bond acceptors (Lipinski definition) is 2. The topological polar surface area (TPSA) is 38.3 Å². The number of rotatable bonds is 6. The summed E-state index contributed by atoms with van der Waals surface area (Å²) in [5.74, 6) is 0.0820. The first-order valence-corrected chi connectivity index (χ1v) is 7.85. The van der Waals surface area contributed by atoms with Gasteiger partial charge in [0.1, 0.15) is 11.6 Å². The Labute approximate surface area is 141 Å². The van der Waals surface area contributed by atoms with Gasteiger partial charge in [-0.1, -0.05) is 27.5 Å². The Bertz CT molecular complexity index is 649. The third kappa shape index (κ3) is 5.31. The SMILES string of the molecule is O=C(CCCOc1ccc(Br)cc1)Nc1ccc(F)c(Cl)c1. The molecular formula is C16H14BrClFNO2. The molecule has 1 N–H and O–H groups in total. The quantitative estimate of drug-likeness (QED) is 0.706. The minimum Gasteiger partial charge on any atom is -0.494 e. The fraction of sp³-hybridized carbons (Fsp3) is 0.188. The van der Waals surface area contributed by atoms with Crippen LogP contribution in [0, 0.1) is 5.82 Å². The zero-order chi connectivity index (χ0) is 15.9. The van der Waals surface area contributed by atoms with Crippen molar-refractivity contribution in [3.63, 3.8) is 0 Å². The molecule has 116 valence electrons. The number of carbonyl (C=O) groups excluding carboxylic acids is 1. The average molecular weight is 387 g/mol. The van der Waals surface area contributed by atoms with Crippen molar-refractivity contribution in [3.8, 4) is 5.75 Å². The standard InChI is InChI=1S/C16H14BrClFNO2/c17-11-3-6-13(7-4-11)22-9-1-2-16(21)20-12-5-8-15(19)14(18)10-12/h3-8,10H,1-2,9H2,(H,20,21). The summed E-state index contributed by atoms with van der Waals surface area (Å²) >= 11 is 9.00. The van der Waals surface area contributed by atoms with Crippen LogP contribution < -0.4 is 10.1 Å². The molecule has 2 aromatic rings. The van der Waals surface area contributed by atoms with E-state index in [-0.39, 0.29) is 10.9 Å². The van der Waals surface area contributed by atoms with Crippen LogP contribution in [0.2, 0.25) is 5.02 Å². The van der Waals surface area contributed by atoms with Crippen molar-refractivity contribution in [2.24, 2.45) is 0 Å². The molecule has 2 rings (SSSR count). The van der Waals surface area contributed by atoms with Crippen molar-refractivity contribution in [1.82, 2.24) is 0 Å². The zero-order valence-electron chi connectivity index (χ0n) is 11.6. The van der Waals surface area contributed by atoms with Gasteiger partial charge in [0.25, 0.3) is 0 Å². The molecule has 0 aliphatic heterocycles. The average Bonchev–Trinajstić information content (AvgIpc) is 2.49. The van der Waals surface area contributed by atoms with Crippen LogP contribution in [0.4, 0.5) is 10.1 Å². The lowest BCUT2D eigenvalue weighted by Crippen LogP contribution is -2.12. The number of halogens is 3. The molecule has 0 aromatic heterocycles. The molecule has 6 heteroatoms. The van der Waals surface area contributed by atoms with Crippen molar-refractivity contribution >= 4 is 39.1 Å². The van der Waals surface area contributed by atoms with Crippen molar-refractivity contribution in [2.75, 3.05) is 11.9 Å². The fourth-order valence-electron chi connectivity index (χ4n) is 1.75. The highest BCUT2D eigenvalue weighted by molar-refractivity contribution is 9.10. The number of hydrogen-bond donors (Lipinski definition) is 1. The van der Waals surface area contributed by atoms with Gasteiger partial charge in [-0.25, -0.2) is 4.39 Å². The van der Waals surface area contributed by atoms with E-state index in [1.807, 2.05) is 24.3 Å². The van der Waals surface area contributed by atoms with Gasteiger partial charge >= 0.3 is 0 Å². The van der Waals surface area contributed by atoms with E-state index in [1.165, 1.54) is 18.2 Å². The Morgan fingerprint density at radius 2 is 1.95 bits per heavy atom. The molecule has 0 saturated carbocycles. The summed E-state index contributed by atoms with van der Waals surface area (Å²) in [6.07, 6.45) is 0.891. The summed E-state index contributed by atoms with van der Waals surface area (Å²) in [7, 11) is 0. The Hall–Kier alpha value is -1.59. The highest BCUT2D eigenvalue weighted by Crippen LogP contribution is 2.19. The molecule has 0 bridgehead atoms. The molecule has 0 radical (unpaired) electrons. The van der Waals surface area contributed by atoms with Crippen LogP contribution in [0.1, 0.15) is 12.8 Å². The highest BCUT2D eigenvalue weighted by atomic mass is 79.9. The fourth-order valence-corrected chi connectivity index (χ4v) is 2.20. The Balaban J connectivity index is 1.71. The van der Waals surface area contributed by atoms with Gasteiger partial charge in [0, 0.05) is 16.6 Å². The summed E-state index contributed by atoms with van der Waals surface area (Å²) in [6, 6.07) is 11.6. The van der Waals surface area contributed by atoms with Crippen molar-refractivity contribution in [2.45, 2.75) is 12.8 Å². The molecule has 0 spiro atoms. The van der Waals surface area contributed by atoms with Crippen LogP contribution in [0.25, 0.3) is 0 Å². The molecule has 1 amide bonds. The monoisotopic (exact) mass is 385 g/mol. The molecule has 0 aliphatic carbocycles. The van der Waals surface area contributed by atoms with E-state index in [0.717, 1.165) is 10.2 Å². The molecule has 0 saturated heterocycles. The van der Waals surface area contributed by atoms with Crippen LogP contribution in [0.3, 0.4) is 0 Å². The molecule has 22 heavy (non-hydrogen) atoms. The number of carbonyl (C=O) groups is 1. The molecule has 0 atom stereocenters. The van der Waals surface area contributed by atoms with Gasteiger partial charge in [0.05, 0.1) is 11.6 Å². The van der Waals surface area contributed by atoms with Gasteiger partial charge in [-0.05, 0) is 48.9 Å². The molecule has 2 aromatic carbocycles. The van der Waals surface area contributed by atoms with Crippen molar-refractivity contribution in [1.29, 1.82) is 0 Å². The van der Waals surface area contributed by atoms with Gasteiger partial charge in [0.2, 0.25) is 5.91 Å². The number of benzene rings is 2. The Morgan fingerprint density at radius 1 is 1.23 bits per heavy atom. The van der Waals surface area contributed by atoms with Crippen LogP contribution in [0.5, 0.6) is 5.75 Å². The van der Waals surface area contributed by atoms with E-state index in [9.17, 15) is 9.18 Å². The van der Waals surface area contributed by atoms with Crippen LogP contribution in [-0.2, 0) is 4.79 Å². The highest BCUT2D eigenvalue weighted by Gasteiger charge is 2.05. The molecule has 0 aliphatic rings. The molecular weight excluding hydrogens is 373 g/mol. The summed E-state index contributed by atoms with van der Waals surface area (Å²) in [5.41, 5.74) is 0.477. The predicted octanol–water partition coefficient (Wildman–Crippen LogP) is 5.04. The second kappa shape index (κ2) is 8.15. The number of nitrogens with one attached hydrogen (secondary N) is 1. The summed E-state index contributed by atoms with van der Waals surface area (Å²) in [5, 5.41) is 2.65. The first-order chi connectivity index (χ1) is 10.5.